The standard InChI is InChI=1S/C23H30N2O5/c1-17-5-7-19(8-6-17)30-16-23(26)25-11-9-24(10-12-25)15-18-13-21(28-3)22(29-4)14-20(18)27-2/h5-8,13-14H,9-12,15-16H2,1-4H3. The van der Waals surface area contributed by atoms with Gasteiger partial charge in [-0.25, -0.2) is 0 Å². The van der Waals surface area contributed by atoms with Gasteiger partial charge in [-0.2, -0.15) is 0 Å². The number of carbonyl (C=O) groups is 1. The molecular weight excluding hydrogens is 384 g/mol. The highest BCUT2D eigenvalue weighted by atomic mass is 16.5. The predicted molar refractivity (Wildman–Crippen MR) is 115 cm³/mol. The number of benzene rings is 2. The molecule has 30 heavy (non-hydrogen) atoms. The zero-order chi connectivity index (χ0) is 21.5. The van der Waals surface area contributed by atoms with E-state index in [1.54, 1.807) is 21.3 Å². The van der Waals surface area contributed by atoms with Crippen LogP contribution in [0.3, 0.4) is 0 Å². The fraction of sp³-hybridized carbons (Fsp3) is 0.435. The monoisotopic (exact) mass is 414 g/mol. The minimum Gasteiger partial charge on any atom is -0.496 e. The molecule has 0 aromatic heterocycles. The third-order valence-corrected chi connectivity index (χ3v) is 5.29. The van der Waals surface area contributed by atoms with Crippen LogP contribution in [0.4, 0.5) is 0 Å². The van der Waals surface area contributed by atoms with E-state index in [0.717, 1.165) is 30.0 Å². The lowest BCUT2D eigenvalue weighted by molar-refractivity contribution is -0.135. The summed E-state index contributed by atoms with van der Waals surface area (Å²) in [7, 11) is 4.88. The van der Waals surface area contributed by atoms with Crippen LogP contribution < -0.4 is 18.9 Å². The first-order chi connectivity index (χ1) is 14.5. The van der Waals surface area contributed by atoms with Gasteiger partial charge in [0.25, 0.3) is 5.91 Å². The summed E-state index contributed by atoms with van der Waals surface area (Å²) < 4.78 is 21.9. The fourth-order valence-corrected chi connectivity index (χ4v) is 3.48. The van der Waals surface area contributed by atoms with E-state index in [4.69, 9.17) is 18.9 Å². The van der Waals surface area contributed by atoms with Crippen molar-refractivity contribution in [2.24, 2.45) is 0 Å². The van der Waals surface area contributed by atoms with Crippen LogP contribution in [0, 0.1) is 6.92 Å². The van der Waals surface area contributed by atoms with Crippen molar-refractivity contribution >= 4 is 5.91 Å². The number of carbonyl (C=O) groups excluding carboxylic acids is 1. The first-order valence-electron chi connectivity index (χ1n) is 10.0. The Morgan fingerprint density at radius 1 is 0.867 bits per heavy atom. The summed E-state index contributed by atoms with van der Waals surface area (Å²) in [6, 6.07) is 11.5. The van der Waals surface area contributed by atoms with Crippen molar-refractivity contribution in [1.29, 1.82) is 0 Å². The summed E-state index contributed by atoms with van der Waals surface area (Å²) in [5.41, 5.74) is 2.19. The highest BCUT2D eigenvalue weighted by Crippen LogP contribution is 2.35. The van der Waals surface area contributed by atoms with E-state index in [1.165, 1.54) is 0 Å². The minimum absolute atomic E-state index is 0.0129. The van der Waals surface area contributed by atoms with Crippen molar-refractivity contribution in [3.8, 4) is 23.0 Å². The van der Waals surface area contributed by atoms with Gasteiger partial charge in [0, 0.05) is 44.4 Å². The summed E-state index contributed by atoms with van der Waals surface area (Å²) in [6.07, 6.45) is 0. The molecule has 1 amide bonds. The van der Waals surface area contributed by atoms with E-state index in [-0.39, 0.29) is 12.5 Å². The number of methoxy groups -OCH3 is 3. The smallest absolute Gasteiger partial charge is 0.260 e. The molecule has 162 valence electrons. The second kappa shape index (κ2) is 10.2. The van der Waals surface area contributed by atoms with Gasteiger partial charge in [-0.15, -0.1) is 0 Å². The van der Waals surface area contributed by atoms with Crippen LogP contribution in [0.25, 0.3) is 0 Å². The lowest BCUT2D eigenvalue weighted by atomic mass is 10.1. The topological polar surface area (TPSA) is 60.5 Å². The van der Waals surface area contributed by atoms with Crippen LogP contribution >= 0.6 is 0 Å². The number of hydrogen-bond donors (Lipinski definition) is 0. The zero-order valence-corrected chi connectivity index (χ0v) is 18.1. The molecule has 2 aromatic rings. The third kappa shape index (κ3) is 5.36. The molecule has 1 aliphatic heterocycles. The van der Waals surface area contributed by atoms with E-state index in [0.29, 0.717) is 36.9 Å². The van der Waals surface area contributed by atoms with Crippen LogP contribution in [-0.2, 0) is 11.3 Å². The number of aryl methyl sites for hydroxylation is 1. The number of rotatable bonds is 8. The number of amides is 1. The van der Waals surface area contributed by atoms with E-state index in [2.05, 4.69) is 4.90 Å². The molecular formula is C23H30N2O5. The Hall–Kier alpha value is -2.93. The summed E-state index contributed by atoms with van der Waals surface area (Å²) in [6.45, 7) is 5.71. The van der Waals surface area contributed by atoms with Crippen molar-refractivity contribution in [2.75, 3.05) is 54.1 Å². The van der Waals surface area contributed by atoms with Gasteiger partial charge in [0.2, 0.25) is 0 Å². The van der Waals surface area contributed by atoms with Crippen molar-refractivity contribution < 1.29 is 23.7 Å². The second-order valence-corrected chi connectivity index (χ2v) is 7.28. The lowest BCUT2D eigenvalue weighted by Gasteiger charge is -2.35. The molecule has 1 fully saturated rings. The zero-order valence-electron chi connectivity index (χ0n) is 18.1. The van der Waals surface area contributed by atoms with Gasteiger partial charge in [0.15, 0.2) is 18.1 Å². The molecule has 7 heteroatoms. The molecule has 2 aromatic carbocycles. The van der Waals surface area contributed by atoms with Crippen LogP contribution in [0.5, 0.6) is 23.0 Å². The Labute approximate surface area is 178 Å². The molecule has 1 saturated heterocycles. The number of nitrogens with zero attached hydrogens (tertiary/aromatic N) is 2. The van der Waals surface area contributed by atoms with Crippen LogP contribution in [-0.4, -0.2) is 69.8 Å². The first-order valence-corrected chi connectivity index (χ1v) is 10.0. The van der Waals surface area contributed by atoms with Gasteiger partial charge in [-0.1, -0.05) is 17.7 Å². The Bertz CT molecular complexity index is 845. The molecule has 3 rings (SSSR count). The van der Waals surface area contributed by atoms with Gasteiger partial charge in [0.1, 0.15) is 11.5 Å². The Balaban J connectivity index is 1.53. The molecule has 0 bridgehead atoms. The lowest BCUT2D eigenvalue weighted by Crippen LogP contribution is -2.49. The van der Waals surface area contributed by atoms with Gasteiger partial charge in [-0.05, 0) is 25.1 Å². The molecule has 0 unspecified atom stereocenters. The molecule has 0 atom stereocenters. The maximum atomic E-state index is 12.5. The normalized spacial score (nSPS) is 14.3. The van der Waals surface area contributed by atoms with Crippen LogP contribution in [0.2, 0.25) is 0 Å². The summed E-state index contributed by atoms with van der Waals surface area (Å²) in [5, 5.41) is 0. The highest BCUT2D eigenvalue weighted by molar-refractivity contribution is 5.77. The second-order valence-electron chi connectivity index (χ2n) is 7.28. The average Bonchev–Trinajstić information content (AvgIpc) is 2.78. The van der Waals surface area contributed by atoms with Crippen molar-refractivity contribution in [3.63, 3.8) is 0 Å². The molecule has 0 radical (unpaired) electrons. The SMILES string of the molecule is COc1cc(OC)c(OC)cc1CN1CCN(C(=O)COc2ccc(C)cc2)CC1. The molecule has 0 saturated carbocycles. The van der Waals surface area contributed by atoms with Gasteiger partial charge in [0.05, 0.1) is 21.3 Å². The fourth-order valence-electron chi connectivity index (χ4n) is 3.48. The number of piperazine rings is 1. The van der Waals surface area contributed by atoms with E-state index < -0.39 is 0 Å². The summed E-state index contributed by atoms with van der Waals surface area (Å²) in [5.74, 6) is 2.81. The number of ether oxygens (including phenoxy) is 4. The van der Waals surface area contributed by atoms with Crippen molar-refractivity contribution in [2.45, 2.75) is 13.5 Å². The molecule has 0 spiro atoms. The molecule has 1 aliphatic rings. The largest absolute Gasteiger partial charge is 0.496 e. The summed E-state index contributed by atoms with van der Waals surface area (Å²) in [4.78, 5) is 16.6. The van der Waals surface area contributed by atoms with E-state index in [9.17, 15) is 4.79 Å². The molecule has 0 N–H and O–H groups in total. The predicted octanol–water partition coefficient (Wildman–Crippen LogP) is 2.74. The quantitative estimate of drug-likeness (QED) is 0.662. The minimum atomic E-state index is 0.0129. The number of hydrogen-bond acceptors (Lipinski definition) is 6. The molecule has 7 nitrogen and oxygen atoms in total. The van der Waals surface area contributed by atoms with Crippen LogP contribution in [0.1, 0.15) is 11.1 Å². The van der Waals surface area contributed by atoms with Gasteiger partial charge < -0.3 is 23.8 Å². The van der Waals surface area contributed by atoms with E-state index >= 15 is 0 Å². The Morgan fingerprint density at radius 3 is 2.07 bits per heavy atom. The maximum absolute atomic E-state index is 12.5. The summed E-state index contributed by atoms with van der Waals surface area (Å²) >= 11 is 0. The third-order valence-electron chi connectivity index (χ3n) is 5.29. The Kier molecular flexibility index (Phi) is 7.41. The van der Waals surface area contributed by atoms with Gasteiger partial charge in [-0.3, -0.25) is 9.69 Å². The highest BCUT2D eigenvalue weighted by Gasteiger charge is 2.23. The first kappa shape index (κ1) is 21.8. The maximum Gasteiger partial charge on any atom is 0.260 e. The van der Waals surface area contributed by atoms with Crippen molar-refractivity contribution in [1.82, 2.24) is 9.80 Å². The molecule has 0 aliphatic carbocycles. The van der Waals surface area contributed by atoms with Gasteiger partial charge >= 0.3 is 0 Å². The van der Waals surface area contributed by atoms with E-state index in [1.807, 2.05) is 48.2 Å². The van der Waals surface area contributed by atoms with Crippen molar-refractivity contribution in [3.05, 3.63) is 47.5 Å². The molecule has 1 heterocycles. The van der Waals surface area contributed by atoms with Crippen LogP contribution in [0.15, 0.2) is 36.4 Å². The average molecular weight is 415 g/mol. The Morgan fingerprint density at radius 2 is 1.47 bits per heavy atom.